The van der Waals surface area contributed by atoms with Crippen LogP contribution in [-0.4, -0.2) is 49.2 Å². The quantitative estimate of drug-likeness (QED) is 0.858. The van der Waals surface area contributed by atoms with Crippen molar-refractivity contribution in [3.63, 3.8) is 0 Å². The van der Waals surface area contributed by atoms with Crippen LogP contribution in [0, 0.1) is 13.8 Å². The minimum atomic E-state index is -4.48. The van der Waals surface area contributed by atoms with Crippen molar-refractivity contribution >= 4 is 11.9 Å². The molecule has 1 aliphatic heterocycles. The number of carbonyl (C=O) groups excluding carboxylic acids is 1. The molecule has 7 nitrogen and oxygen atoms in total. The van der Waals surface area contributed by atoms with Gasteiger partial charge in [0.2, 0.25) is 5.91 Å². The molecule has 0 bridgehead atoms. The minimum absolute atomic E-state index is 0.0257. The van der Waals surface area contributed by atoms with Crippen LogP contribution in [0.5, 0.6) is 0 Å². The van der Waals surface area contributed by atoms with Crippen LogP contribution in [0.1, 0.15) is 35.4 Å². The number of carboxylic acids is 1. The van der Waals surface area contributed by atoms with Crippen LogP contribution in [0.3, 0.4) is 0 Å². The fourth-order valence-electron chi connectivity index (χ4n) is 3.41. The van der Waals surface area contributed by atoms with Crippen LogP contribution < -0.4 is 0 Å². The van der Waals surface area contributed by atoms with E-state index >= 15 is 0 Å². The zero-order valence-corrected chi connectivity index (χ0v) is 15.3. The van der Waals surface area contributed by atoms with Crippen molar-refractivity contribution in [1.29, 1.82) is 0 Å². The lowest BCUT2D eigenvalue weighted by molar-refractivity contribution is -0.148. The second kappa shape index (κ2) is 7.25. The molecule has 0 spiro atoms. The number of pyridine rings is 1. The van der Waals surface area contributed by atoms with Crippen LogP contribution in [-0.2, 0) is 22.2 Å². The van der Waals surface area contributed by atoms with Crippen molar-refractivity contribution in [2.24, 2.45) is 0 Å². The topological polar surface area (TPSA) is 88.3 Å². The fourth-order valence-corrected chi connectivity index (χ4v) is 3.41. The van der Waals surface area contributed by atoms with Gasteiger partial charge in [0, 0.05) is 24.0 Å². The van der Waals surface area contributed by atoms with Gasteiger partial charge in [-0.1, -0.05) is 0 Å². The van der Waals surface area contributed by atoms with Gasteiger partial charge in [0.15, 0.2) is 5.82 Å². The molecule has 0 unspecified atom stereocenters. The number of nitrogens with zero attached hydrogens (tertiary/aromatic N) is 4. The molecule has 28 heavy (non-hydrogen) atoms. The number of hydrogen-bond acceptors (Lipinski definition) is 4. The van der Waals surface area contributed by atoms with Crippen molar-refractivity contribution in [3.8, 4) is 5.82 Å². The Labute approximate surface area is 158 Å². The molecular weight excluding hydrogens is 377 g/mol. The summed E-state index contributed by atoms with van der Waals surface area (Å²) in [4.78, 5) is 29.1. The van der Waals surface area contributed by atoms with Gasteiger partial charge in [-0.15, -0.1) is 0 Å². The Morgan fingerprint density at radius 1 is 1.29 bits per heavy atom. The Balaban J connectivity index is 1.84. The molecule has 1 aliphatic rings. The first-order valence-corrected chi connectivity index (χ1v) is 8.70. The number of carboxylic acid groups (broad SMARTS) is 1. The SMILES string of the molecule is Cc1nn(-c2ccc(C(F)(F)F)cn2)c(C)c1CC(=O)N1CCC[C@@H]1C(=O)O. The van der Waals surface area contributed by atoms with E-state index in [1.165, 1.54) is 15.6 Å². The molecule has 10 heteroatoms. The van der Waals surface area contributed by atoms with Crippen molar-refractivity contribution in [2.45, 2.75) is 45.3 Å². The number of aryl methyl sites for hydroxylation is 1. The van der Waals surface area contributed by atoms with Gasteiger partial charge in [0.25, 0.3) is 0 Å². The number of rotatable bonds is 4. The third kappa shape index (κ3) is 3.71. The summed E-state index contributed by atoms with van der Waals surface area (Å²) in [5, 5.41) is 13.5. The van der Waals surface area contributed by atoms with Crippen LogP contribution >= 0.6 is 0 Å². The third-order valence-electron chi connectivity index (χ3n) is 4.92. The van der Waals surface area contributed by atoms with Crippen molar-refractivity contribution < 1.29 is 27.9 Å². The Kier molecular flexibility index (Phi) is 5.14. The smallest absolute Gasteiger partial charge is 0.417 e. The summed E-state index contributed by atoms with van der Waals surface area (Å²) in [5.41, 5.74) is 0.868. The molecule has 0 aliphatic carbocycles. The monoisotopic (exact) mass is 396 g/mol. The predicted molar refractivity (Wildman–Crippen MR) is 91.9 cm³/mol. The molecule has 1 atom stereocenters. The standard InChI is InChI=1S/C18H19F3N4O3/c1-10-13(8-16(26)24-7-3-4-14(24)17(27)28)11(2)25(23-10)15-6-5-12(9-22-15)18(19,20)21/h5-6,9,14H,3-4,7-8H2,1-2H3,(H,27,28)/t14-/m1/s1. The molecule has 3 heterocycles. The first-order chi connectivity index (χ1) is 13.1. The number of likely N-dealkylation sites (tertiary alicyclic amines) is 1. The highest BCUT2D eigenvalue weighted by atomic mass is 19.4. The summed E-state index contributed by atoms with van der Waals surface area (Å²) in [6.45, 7) is 3.78. The number of aromatic nitrogens is 3. The highest BCUT2D eigenvalue weighted by molar-refractivity contribution is 5.85. The molecule has 2 aromatic rings. The zero-order chi connectivity index (χ0) is 20.6. The summed E-state index contributed by atoms with van der Waals surface area (Å²) >= 11 is 0. The van der Waals surface area contributed by atoms with E-state index in [9.17, 15) is 27.9 Å². The first-order valence-electron chi connectivity index (χ1n) is 8.70. The predicted octanol–water partition coefficient (Wildman–Crippen LogP) is 2.52. The molecule has 150 valence electrons. The lowest BCUT2D eigenvalue weighted by Gasteiger charge is -2.21. The average Bonchev–Trinajstić information content (AvgIpc) is 3.22. The highest BCUT2D eigenvalue weighted by Crippen LogP contribution is 2.29. The van der Waals surface area contributed by atoms with Gasteiger partial charge in [-0.2, -0.15) is 18.3 Å². The molecule has 3 rings (SSSR count). The van der Waals surface area contributed by atoms with Crippen molar-refractivity contribution in [2.75, 3.05) is 6.54 Å². The van der Waals surface area contributed by atoms with E-state index in [0.29, 0.717) is 36.3 Å². The minimum Gasteiger partial charge on any atom is -0.480 e. The van der Waals surface area contributed by atoms with Crippen molar-refractivity contribution in [1.82, 2.24) is 19.7 Å². The molecule has 2 aromatic heterocycles. The number of halogens is 3. The number of aliphatic carboxylic acids is 1. The van der Waals surface area contributed by atoms with E-state index in [4.69, 9.17) is 0 Å². The maximum Gasteiger partial charge on any atom is 0.417 e. The largest absolute Gasteiger partial charge is 0.480 e. The lowest BCUT2D eigenvalue weighted by atomic mass is 10.1. The van der Waals surface area contributed by atoms with Gasteiger partial charge in [-0.05, 0) is 38.8 Å². The van der Waals surface area contributed by atoms with E-state index in [0.717, 1.165) is 12.3 Å². The number of hydrogen-bond donors (Lipinski definition) is 1. The lowest BCUT2D eigenvalue weighted by Crippen LogP contribution is -2.41. The van der Waals surface area contributed by atoms with Gasteiger partial charge in [0.05, 0.1) is 17.7 Å². The molecule has 1 N–H and O–H groups in total. The van der Waals surface area contributed by atoms with E-state index in [2.05, 4.69) is 10.1 Å². The summed E-state index contributed by atoms with van der Waals surface area (Å²) in [6.07, 6.45) is -2.71. The van der Waals surface area contributed by atoms with Gasteiger partial charge >= 0.3 is 12.1 Å². The van der Waals surface area contributed by atoms with Crippen LogP contribution in [0.25, 0.3) is 5.82 Å². The third-order valence-corrected chi connectivity index (χ3v) is 4.92. The highest BCUT2D eigenvalue weighted by Gasteiger charge is 2.34. The number of carbonyl (C=O) groups is 2. The maximum atomic E-state index is 12.7. The van der Waals surface area contributed by atoms with E-state index in [-0.39, 0.29) is 18.1 Å². The molecule has 0 aromatic carbocycles. The molecule has 1 saturated heterocycles. The Morgan fingerprint density at radius 3 is 2.57 bits per heavy atom. The van der Waals surface area contributed by atoms with E-state index in [1.54, 1.807) is 13.8 Å². The van der Waals surface area contributed by atoms with Gasteiger partial charge in [-0.25, -0.2) is 14.5 Å². The van der Waals surface area contributed by atoms with E-state index < -0.39 is 23.8 Å². The summed E-state index contributed by atoms with van der Waals surface area (Å²) in [6, 6.07) is 1.32. The Hall–Kier alpha value is -2.91. The molecule has 0 radical (unpaired) electrons. The van der Waals surface area contributed by atoms with Crippen LogP contribution in [0.2, 0.25) is 0 Å². The summed E-state index contributed by atoms with van der Waals surface area (Å²) in [7, 11) is 0. The van der Waals surface area contributed by atoms with Crippen LogP contribution in [0.4, 0.5) is 13.2 Å². The summed E-state index contributed by atoms with van der Waals surface area (Å²) in [5.74, 6) is -1.13. The maximum absolute atomic E-state index is 12.7. The summed E-state index contributed by atoms with van der Waals surface area (Å²) < 4.78 is 39.5. The molecular formula is C18H19F3N4O3. The van der Waals surface area contributed by atoms with Gasteiger partial charge < -0.3 is 10.0 Å². The Morgan fingerprint density at radius 2 is 2.00 bits per heavy atom. The molecule has 0 saturated carbocycles. The number of amides is 1. The van der Waals surface area contributed by atoms with Gasteiger partial charge in [-0.3, -0.25) is 4.79 Å². The zero-order valence-electron chi connectivity index (χ0n) is 15.3. The Bertz CT molecular complexity index is 906. The second-order valence-corrected chi connectivity index (χ2v) is 6.72. The number of alkyl halides is 3. The van der Waals surface area contributed by atoms with Crippen molar-refractivity contribution in [3.05, 3.63) is 40.8 Å². The fraction of sp³-hybridized carbons (Fsp3) is 0.444. The molecule has 1 amide bonds. The van der Waals surface area contributed by atoms with Crippen LogP contribution in [0.15, 0.2) is 18.3 Å². The van der Waals surface area contributed by atoms with Gasteiger partial charge in [0.1, 0.15) is 6.04 Å². The first kappa shape index (κ1) is 19.8. The molecule has 1 fully saturated rings. The van der Waals surface area contributed by atoms with E-state index in [1.807, 2.05) is 0 Å². The second-order valence-electron chi connectivity index (χ2n) is 6.72. The normalized spacial score (nSPS) is 17.2. The average molecular weight is 396 g/mol.